The first-order valence-corrected chi connectivity index (χ1v) is 26.2. The minimum Gasteiger partial charge on any atom is -0.0871 e. The highest BCUT2D eigenvalue weighted by Crippen LogP contribution is 2.29. The molecular weight excluding hydrogens is 925 g/mol. The Morgan fingerprint density at radius 2 is 0.506 bits per heavy atom. The van der Waals surface area contributed by atoms with E-state index in [0.29, 0.717) is 0 Å². The summed E-state index contributed by atoms with van der Waals surface area (Å²) in [5.41, 5.74) is 12.3. The third-order valence-electron chi connectivity index (χ3n) is 14.2. The van der Waals surface area contributed by atoms with E-state index in [1.807, 2.05) is 13.0 Å². The van der Waals surface area contributed by atoms with Crippen LogP contribution < -0.4 is 0 Å². The number of rotatable bonds is 3. The van der Waals surface area contributed by atoms with E-state index in [1.165, 1.54) is 103 Å². The summed E-state index contributed by atoms with van der Waals surface area (Å²) in [4.78, 5) is 0. The van der Waals surface area contributed by atoms with E-state index in [0.717, 1.165) is 33.4 Å². The van der Waals surface area contributed by atoms with Gasteiger partial charge in [-0.15, -0.1) is 0 Å². The molecule has 0 heterocycles. The summed E-state index contributed by atoms with van der Waals surface area (Å²) < 4.78 is 0. The van der Waals surface area contributed by atoms with Crippen LogP contribution in [0.3, 0.4) is 0 Å². The SMILES string of the molecule is C/C=C/c1ccc(C#Cc2ccc3ccccc3c2)cc1.Cc1ccc2cc(C#Cc3ccc4cc5cc(/C=C/c6ccc7cc8cc(C#Cc9ccc%10cc(C)ccc%10c9)ccc8cc7c6)ccc5cc4c3)ccc2c1. The van der Waals surface area contributed by atoms with Crippen LogP contribution in [0.15, 0.2) is 243 Å². The van der Waals surface area contributed by atoms with Crippen LogP contribution in [0.1, 0.15) is 68.1 Å². The van der Waals surface area contributed by atoms with Crippen molar-refractivity contribution >= 4 is 93.6 Å². The van der Waals surface area contributed by atoms with Gasteiger partial charge in [0.25, 0.3) is 0 Å². The summed E-state index contributed by atoms with van der Waals surface area (Å²) in [7, 11) is 0. The summed E-state index contributed by atoms with van der Waals surface area (Å²) in [5, 5.41) is 17.1. The van der Waals surface area contributed by atoms with Crippen LogP contribution in [-0.2, 0) is 0 Å². The number of allylic oxidation sites excluding steroid dienone is 1. The van der Waals surface area contributed by atoms with Crippen molar-refractivity contribution in [2.75, 3.05) is 0 Å². The minimum atomic E-state index is 1.02. The van der Waals surface area contributed by atoms with Gasteiger partial charge < -0.3 is 0 Å². The molecule has 0 saturated heterocycles. The highest BCUT2D eigenvalue weighted by atomic mass is 14.1. The second-order valence-corrected chi connectivity index (χ2v) is 19.9. The van der Waals surface area contributed by atoms with Crippen molar-refractivity contribution in [3.8, 4) is 35.5 Å². The Bertz CT molecular complexity index is 4490. The second kappa shape index (κ2) is 21.4. The molecular formula is C77H52. The molecule has 0 aliphatic carbocycles. The fourth-order valence-electron chi connectivity index (χ4n) is 10.0. The highest BCUT2D eigenvalue weighted by Gasteiger charge is 2.05. The number of benzene rings is 13. The van der Waals surface area contributed by atoms with Crippen molar-refractivity contribution in [3.05, 3.63) is 304 Å². The molecule has 0 radical (unpaired) electrons. The number of fused-ring (bicyclic) bond motifs is 7. The maximum atomic E-state index is 3.39. The molecule has 0 fully saturated rings. The van der Waals surface area contributed by atoms with E-state index in [4.69, 9.17) is 0 Å². The number of aryl methyl sites for hydroxylation is 2. The topological polar surface area (TPSA) is 0 Å². The molecule has 0 atom stereocenters. The first kappa shape index (κ1) is 47.8. The molecule has 0 unspecified atom stereocenters. The van der Waals surface area contributed by atoms with E-state index in [-0.39, 0.29) is 0 Å². The molecule has 77 heavy (non-hydrogen) atoms. The van der Waals surface area contributed by atoms with Gasteiger partial charge in [-0.1, -0.05) is 198 Å². The summed E-state index contributed by atoms with van der Waals surface area (Å²) in [6, 6.07) is 84.4. The zero-order chi connectivity index (χ0) is 52.1. The molecule has 13 rings (SSSR count). The van der Waals surface area contributed by atoms with Crippen molar-refractivity contribution in [2.45, 2.75) is 20.8 Å². The lowest BCUT2D eigenvalue weighted by Crippen LogP contribution is -1.82. The predicted molar refractivity (Wildman–Crippen MR) is 332 cm³/mol. The maximum Gasteiger partial charge on any atom is 0.0255 e. The van der Waals surface area contributed by atoms with Gasteiger partial charge in [0.15, 0.2) is 0 Å². The van der Waals surface area contributed by atoms with Gasteiger partial charge in [0.2, 0.25) is 0 Å². The van der Waals surface area contributed by atoms with Crippen molar-refractivity contribution in [1.82, 2.24) is 0 Å². The average molecular weight is 977 g/mol. The van der Waals surface area contributed by atoms with E-state index in [9.17, 15) is 0 Å². The fraction of sp³-hybridized carbons (Fsp3) is 0.0390. The van der Waals surface area contributed by atoms with Gasteiger partial charge >= 0.3 is 0 Å². The van der Waals surface area contributed by atoms with Gasteiger partial charge in [0, 0.05) is 33.4 Å². The van der Waals surface area contributed by atoms with Gasteiger partial charge in [-0.2, -0.15) is 0 Å². The lowest BCUT2D eigenvalue weighted by molar-refractivity contribution is 1.50. The first-order chi connectivity index (χ1) is 37.8. The third kappa shape index (κ3) is 11.2. The quantitative estimate of drug-likeness (QED) is 0.0940. The number of hydrogen-bond donors (Lipinski definition) is 0. The van der Waals surface area contributed by atoms with Gasteiger partial charge in [0.05, 0.1) is 0 Å². The smallest absolute Gasteiger partial charge is 0.0255 e. The Balaban J connectivity index is 0.000000237. The Morgan fingerprint density at radius 3 is 0.935 bits per heavy atom. The van der Waals surface area contributed by atoms with E-state index in [1.54, 1.807) is 0 Å². The number of hydrogen-bond acceptors (Lipinski definition) is 0. The molecule has 0 amide bonds. The molecule has 0 aliphatic rings. The van der Waals surface area contributed by atoms with Crippen molar-refractivity contribution in [1.29, 1.82) is 0 Å². The fourth-order valence-corrected chi connectivity index (χ4v) is 10.0. The molecule has 13 aromatic carbocycles. The lowest BCUT2D eigenvalue weighted by atomic mass is 9.99. The summed E-state index contributed by atoms with van der Waals surface area (Å²) >= 11 is 0. The third-order valence-corrected chi connectivity index (χ3v) is 14.2. The van der Waals surface area contributed by atoms with Crippen LogP contribution in [0.2, 0.25) is 0 Å². The molecule has 0 bridgehead atoms. The second-order valence-electron chi connectivity index (χ2n) is 19.9. The first-order valence-electron chi connectivity index (χ1n) is 26.2. The van der Waals surface area contributed by atoms with Crippen LogP contribution in [0, 0.1) is 49.4 Å². The van der Waals surface area contributed by atoms with E-state index < -0.39 is 0 Å². The largest absolute Gasteiger partial charge is 0.0871 e. The van der Waals surface area contributed by atoms with E-state index in [2.05, 4.69) is 304 Å². The van der Waals surface area contributed by atoms with Gasteiger partial charge in [-0.25, -0.2) is 0 Å². The summed E-state index contributed by atoms with van der Waals surface area (Å²) in [6.45, 7) is 6.27. The Morgan fingerprint density at radius 1 is 0.221 bits per heavy atom. The molecule has 0 nitrogen and oxygen atoms in total. The Labute approximate surface area is 451 Å². The Kier molecular flexibility index (Phi) is 13.3. The summed E-state index contributed by atoms with van der Waals surface area (Å²) in [5.74, 6) is 20.0. The van der Waals surface area contributed by atoms with Gasteiger partial charge in [-0.3, -0.25) is 0 Å². The maximum absolute atomic E-state index is 3.39. The molecule has 0 N–H and O–H groups in total. The standard InChI is InChI=1S/C56H36.C21H16/c1-37-3-17-47-27-39(11-19-45(47)25-37)5-7-41-13-21-49-35-55-31-43(15-23-51(55)33-53(49)29-41)9-10-44-16-24-52-34-54-30-42(14-22-50(54)36-56(52)32-44)8-6-40-12-20-46-26-38(2)4-18-48(46)28-40;1-2-5-17-8-10-18(11-9-17)12-13-19-14-15-20-6-3-4-7-21(20)16-19/h3-4,9-36H,1-2H3;2-11,14-16H,1H3/b10-9+;5-2+. The predicted octanol–water partition coefficient (Wildman–Crippen LogP) is 19.5. The van der Waals surface area contributed by atoms with Crippen LogP contribution in [0.25, 0.3) is 93.6 Å². The van der Waals surface area contributed by atoms with Crippen LogP contribution in [0.5, 0.6) is 0 Å². The Hall–Kier alpha value is -10.2. The van der Waals surface area contributed by atoms with Crippen molar-refractivity contribution < 1.29 is 0 Å². The molecule has 0 aliphatic heterocycles. The molecule has 0 spiro atoms. The zero-order valence-corrected chi connectivity index (χ0v) is 43.3. The van der Waals surface area contributed by atoms with Gasteiger partial charge in [-0.05, 0) is 222 Å². The monoisotopic (exact) mass is 976 g/mol. The molecule has 0 heteroatoms. The zero-order valence-electron chi connectivity index (χ0n) is 43.3. The normalized spacial score (nSPS) is 11.2. The van der Waals surface area contributed by atoms with Crippen LogP contribution >= 0.6 is 0 Å². The molecule has 360 valence electrons. The van der Waals surface area contributed by atoms with Crippen molar-refractivity contribution in [2.24, 2.45) is 0 Å². The minimum absolute atomic E-state index is 1.02. The van der Waals surface area contributed by atoms with E-state index >= 15 is 0 Å². The average Bonchev–Trinajstić information content (AvgIpc) is 3.46. The van der Waals surface area contributed by atoms with Crippen LogP contribution in [-0.4, -0.2) is 0 Å². The highest BCUT2D eigenvalue weighted by molar-refractivity contribution is 6.01. The van der Waals surface area contributed by atoms with Gasteiger partial charge in [0.1, 0.15) is 0 Å². The molecule has 0 saturated carbocycles. The van der Waals surface area contributed by atoms with Crippen LogP contribution in [0.4, 0.5) is 0 Å². The van der Waals surface area contributed by atoms with Crippen molar-refractivity contribution in [3.63, 3.8) is 0 Å². The molecule has 13 aromatic rings. The summed E-state index contributed by atoms with van der Waals surface area (Å²) in [6.07, 6.45) is 8.54. The lowest BCUT2D eigenvalue weighted by Gasteiger charge is -2.06. The molecule has 0 aromatic heterocycles.